The van der Waals surface area contributed by atoms with E-state index in [1.54, 1.807) is 0 Å². The summed E-state index contributed by atoms with van der Waals surface area (Å²) < 4.78 is 5.65. The Hall–Kier alpha value is -1.65. The fraction of sp³-hybridized carbons (Fsp3) is 0.500. The summed E-state index contributed by atoms with van der Waals surface area (Å²) in [6.45, 7) is 5.92. The molecular formula is C10H16N4O. The van der Waals surface area contributed by atoms with Crippen LogP contribution in [0.15, 0.2) is 12.4 Å². The van der Waals surface area contributed by atoms with Gasteiger partial charge in [-0.15, -0.1) is 0 Å². The van der Waals surface area contributed by atoms with Crippen LogP contribution in [-0.4, -0.2) is 21.4 Å². The molecule has 0 amide bonds. The number of ether oxygens (including phenoxy) is 1. The van der Waals surface area contributed by atoms with Crippen molar-refractivity contribution in [1.29, 1.82) is 5.41 Å². The molecule has 1 aromatic rings. The Bertz CT molecular complexity index is 362. The van der Waals surface area contributed by atoms with Gasteiger partial charge in [-0.1, -0.05) is 6.92 Å². The van der Waals surface area contributed by atoms with Gasteiger partial charge in [0.05, 0.1) is 0 Å². The van der Waals surface area contributed by atoms with Crippen molar-refractivity contribution in [3.05, 3.63) is 18.1 Å². The molecule has 1 rings (SSSR count). The van der Waals surface area contributed by atoms with Gasteiger partial charge >= 0.3 is 0 Å². The average Bonchev–Trinajstić information content (AvgIpc) is 2.18. The minimum absolute atomic E-state index is 0.134. The summed E-state index contributed by atoms with van der Waals surface area (Å²) in [5.41, 5.74) is 5.33. The van der Waals surface area contributed by atoms with E-state index < -0.39 is 0 Å². The normalized spacial score (nSPS) is 11.1. The van der Waals surface area contributed by atoms with Crippen molar-refractivity contribution in [2.45, 2.75) is 32.8 Å². The summed E-state index contributed by atoms with van der Waals surface area (Å²) in [6.07, 6.45) is 3.84. The van der Waals surface area contributed by atoms with E-state index in [2.05, 4.69) is 9.97 Å². The molecule has 3 N–H and O–H groups in total. The van der Waals surface area contributed by atoms with Gasteiger partial charge in [-0.05, 0) is 20.3 Å². The summed E-state index contributed by atoms with van der Waals surface area (Å²) >= 11 is 0. The van der Waals surface area contributed by atoms with Gasteiger partial charge in [-0.2, -0.15) is 0 Å². The van der Waals surface area contributed by atoms with Crippen molar-refractivity contribution in [3.63, 3.8) is 0 Å². The standard InChI is InChI=1S/C10H16N4O/c1-4-10(2,3)15-9-7(8(11)12)13-5-6-14-9/h5-6H,4H2,1-3H3,(H3,11,12). The SMILES string of the molecule is CCC(C)(C)Oc1nccnc1C(=N)N. The molecule has 5 nitrogen and oxygen atoms in total. The van der Waals surface area contributed by atoms with Crippen LogP contribution in [0.3, 0.4) is 0 Å². The highest BCUT2D eigenvalue weighted by atomic mass is 16.5. The van der Waals surface area contributed by atoms with E-state index in [0.29, 0.717) is 11.6 Å². The van der Waals surface area contributed by atoms with Crippen LogP contribution in [0.4, 0.5) is 0 Å². The lowest BCUT2D eigenvalue weighted by Gasteiger charge is -2.24. The van der Waals surface area contributed by atoms with Crippen LogP contribution < -0.4 is 10.5 Å². The summed E-state index contributed by atoms with van der Waals surface area (Å²) in [4.78, 5) is 7.99. The average molecular weight is 208 g/mol. The van der Waals surface area contributed by atoms with Crippen molar-refractivity contribution in [1.82, 2.24) is 9.97 Å². The lowest BCUT2D eigenvalue weighted by atomic mass is 10.1. The van der Waals surface area contributed by atoms with E-state index in [1.165, 1.54) is 12.4 Å². The van der Waals surface area contributed by atoms with Crippen LogP contribution in [-0.2, 0) is 0 Å². The first-order valence-corrected chi connectivity index (χ1v) is 4.80. The van der Waals surface area contributed by atoms with Crippen LogP contribution in [0.25, 0.3) is 0 Å². The highest BCUT2D eigenvalue weighted by Gasteiger charge is 2.20. The molecule has 82 valence electrons. The molecular weight excluding hydrogens is 192 g/mol. The van der Waals surface area contributed by atoms with Gasteiger partial charge in [0.2, 0.25) is 5.88 Å². The van der Waals surface area contributed by atoms with E-state index in [0.717, 1.165) is 6.42 Å². The van der Waals surface area contributed by atoms with Gasteiger partial charge in [0.25, 0.3) is 0 Å². The molecule has 5 heteroatoms. The first-order valence-electron chi connectivity index (χ1n) is 4.80. The third-order valence-corrected chi connectivity index (χ3v) is 2.14. The molecule has 0 bridgehead atoms. The second kappa shape index (κ2) is 4.25. The van der Waals surface area contributed by atoms with E-state index >= 15 is 0 Å². The summed E-state index contributed by atoms with van der Waals surface area (Å²) in [5, 5.41) is 7.34. The van der Waals surface area contributed by atoms with Gasteiger partial charge in [0.15, 0.2) is 5.69 Å². The lowest BCUT2D eigenvalue weighted by Crippen LogP contribution is -2.29. The van der Waals surface area contributed by atoms with Crippen molar-refractivity contribution in [2.75, 3.05) is 0 Å². The molecule has 0 aliphatic rings. The molecule has 0 atom stereocenters. The van der Waals surface area contributed by atoms with Crippen LogP contribution in [0.5, 0.6) is 5.88 Å². The van der Waals surface area contributed by atoms with Gasteiger partial charge in [-0.3, -0.25) is 5.41 Å². The van der Waals surface area contributed by atoms with Crippen molar-refractivity contribution in [3.8, 4) is 5.88 Å². The summed E-state index contributed by atoms with van der Waals surface area (Å²) in [7, 11) is 0. The Morgan fingerprint density at radius 2 is 2.07 bits per heavy atom. The monoisotopic (exact) mass is 208 g/mol. The van der Waals surface area contributed by atoms with Crippen LogP contribution in [0.1, 0.15) is 32.9 Å². The number of nitrogens with zero attached hydrogens (tertiary/aromatic N) is 2. The van der Waals surface area contributed by atoms with Gasteiger partial charge in [0.1, 0.15) is 11.4 Å². The number of nitrogens with two attached hydrogens (primary N) is 1. The largest absolute Gasteiger partial charge is 0.470 e. The molecule has 1 heterocycles. The molecule has 0 saturated heterocycles. The molecule has 0 fully saturated rings. The highest BCUT2D eigenvalue weighted by molar-refractivity contribution is 5.94. The summed E-state index contributed by atoms with van der Waals surface area (Å²) in [5.74, 6) is 0.182. The maximum Gasteiger partial charge on any atom is 0.244 e. The lowest BCUT2D eigenvalue weighted by molar-refractivity contribution is 0.0981. The predicted molar refractivity (Wildman–Crippen MR) is 58.0 cm³/mol. The molecule has 0 unspecified atom stereocenters. The topological polar surface area (TPSA) is 84.9 Å². The predicted octanol–water partition coefficient (Wildman–Crippen LogP) is 1.33. The molecule has 1 aromatic heterocycles. The molecule has 0 aliphatic heterocycles. The van der Waals surface area contributed by atoms with Crippen molar-refractivity contribution >= 4 is 5.84 Å². The van der Waals surface area contributed by atoms with E-state index in [1.807, 2.05) is 20.8 Å². The molecule has 0 saturated carbocycles. The second-order valence-electron chi connectivity index (χ2n) is 3.84. The minimum Gasteiger partial charge on any atom is -0.470 e. The zero-order valence-corrected chi connectivity index (χ0v) is 9.24. The number of amidine groups is 1. The Kier molecular flexibility index (Phi) is 3.24. The first kappa shape index (κ1) is 11.4. The van der Waals surface area contributed by atoms with Crippen LogP contribution >= 0.6 is 0 Å². The van der Waals surface area contributed by atoms with Gasteiger partial charge < -0.3 is 10.5 Å². The second-order valence-corrected chi connectivity index (χ2v) is 3.84. The maximum atomic E-state index is 7.34. The first-order chi connectivity index (χ1) is 6.96. The van der Waals surface area contributed by atoms with E-state index in [9.17, 15) is 0 Å². The maximum absolute atomic E-state index is 7.34. The number of nitrogen functional groups attached to an aromatic ring is 1. The highest BCUT2D eigenvalue weighted by Crippen LogP contribution is 2.20. The van der Waals surface area contributed by atoms with Crippen molar-refractivity contribution < 1.29 is 4.74 Å². The Morgan fingerprint density at radius 3 is 2.60 bits per heavy atom. The molecule has 0 aliphatic carbocycles. The van der Waals surface area contributed by atoms with E-state index in [4.69, 9.17) is 15.9 Å². The molecule has 15 heavy (non-hydrogen) atoms. The molecule has 0 spiro atoms. The smallest absolute Gasteiger partial charge is 0.244 e. The van der Waals surface area contributed by atoms with Crippen LogP contribution in [0, 0.1) is 5.41 Å². The number of hydrogen-bond acceptors (Lipinski definition) is 4. The molecule has 0 radical (unpaired) electrons. The number of nitrogens with one attached hydrogen (secondary N) is 1. The van der Waals surface area contributed by atoms with Gasteiger partial charge in [0, 0.05) is 12.4 Å². The van der Waals surface area contributed by atoms with Gasteiger partial charge in [-0.25, -0.2) is 9.97 Å². The molecule has 0 aromatic carbocycles. The number of hydrogen-bond donors (Lipinski definition) is 2. The zero-order valence-electron chi connectivity index (χ0n) is 9.24. The Morgan fingerprint density at radius 1 is 1.47 bits per heavy atom. The van der Waals surface area contributed by atoms with Crippen LogP contribution in [0.2, 0.25) is 0 Å². The van der Waals surface area contributed by atoms with Crippen molar-refractivity contribution in [2.24, 2.45) is 5.73 Å². The fourth-order valence-electron chi connectivity index (χ4n) is 0.919. The quantitative estimate of drug-likeness (QED) is 0.577. The third kappa shape index (κ3) is 2.90. The number of aromatic nitrogens is 2. The van der Waals surface area contributed by atoms with E-state index in [-0.39, 0.29) is 11.4 Å². The number of rotatable bonds is 4. The minimum atomic E-state index is -0.333. The Labute approximate surface area is 89.2 Å². The summed E-state index contributed by atoms with van der Waals surface area (Å²) in [6, 6.07) is 0. The fourth-order valence-corrected chi connectivity index (χ4v) is 0.919. The third-order valence-electron chi connectivity index (χ3n) is 2.14. The Balaban J connectivity index is 2.99. The zero-order chi connectivity index (χ0) is 11.5.